The van der Waals surface area contributed by atoms with Crippen LogP contribution in [0.25, 0.3) is 0 Å². The monoisotopic (exact) mass is 123 g/mol. The predicted octanol–water partition coefficient (Wildman–Crippen LogP) is 2.59. The molecule has 1 radical (unpaired) electrons. The number of rotatable bonds is 1. The molecule has 0 saturated carbocycles. The van der Waals surface area contributed by atoms with E-state index in [1.165, 1.54) is 25.5 Å². The molecule has 1 rings (SSSR count). The van der Waals surface area contributed by atoms with Gasteiger partial charge in [0.25, 0.3) is 0 Å². The van der Waals surface area contributed by atoms with Gasteiger partial charge in [-0.2, -0.15) is 0 Å². The highest BCUT2D eigenvalue weighted by Gasteiger charge is 2.16. The van der Waals surface area contributed by atoms with Crippen molar-refractivity contribution in [3.63, 3.8) is 0 Å². The van der Waals surface area contributed by atoms with Gasteiger partial charge >= 0.3 is 0 Å². The minimum atomic E-state index is 0.915. The quantitative estimate of drug-likeness (QED) is 0.470. The van der Waals surface area contributed by atoms with Crippen molar-refractivity contribution in [3.05, 3.63) is 0 Å². The molecule has 0 aromatic heterocycles. The van der Waals surface area contributed by atoms with Crippen LogP contribution in [0.1, 0.15) is 26.7 Å². The van der Waals surface area contributed by atoms with Crippen molar-refractivity contribution < 1.29 is 0 Å². The second-order valence-corrected chi connectivity index (χ2v) is 3.45. The number of hydrogen-bond acceptors (Lipinski definition) is 0. The first kappa shape index (κ1) is 7.18. The highest BCUT2D eigenvalue weighted by molar-refractivity contribution is 6.35. The van der Waals surface area contributed by atoms with Crippen LogP contribution in [0.5, 0.6) is 0 Å². The third-order valence-electron chi connectivity index (χ3n) is 2.43. The molecular formula is C8H16B. The molecule has 0 N–H and O–H groups in total. The lowest BCUT2D eigenvalue weighted by Gasteiger charge is -2.24. The summed E-state index contributed by atoms with van der Waals surface area (Å²) in [5.41, 5.74) is 0. The second-order valence-electron chi connectivity index (χ2n) is 3.45. The molecule has 0 bridgehead atoms. The van der Waals surface area contributed by atoms with E-state index in [0.717, 1.165) is 11.8 Å². The highest BCUT2D eigenvalue weighted by Crippen LogP contribution is 2.26. The summed E-state index contributed by atoms with van der Waals surface area (Å²) in [4.78, 5) is 0. The van der Waals surface area contributed by atoms with Crippen LogP contribution in [0.4, 0.5) is 0 Å². The average molecular weight is 123 g/mol. The first-order valence-corrected chi connectivity index (χ1v) is 4.12. The summed E-state index contributed by atoms with van der Waals surface area (Å²) in [5, 5.41) is 0. The van der Waals surface area contributed by atoms with Crippen LogP contribution in [0, 0.1) is 11.8 Å². The molecule has 51 valence electrons. The molecule has 0 aliphatic carbocycles. The molecule has 1 heteroatoms. The Morgan fingerprint density at radius 3 is 2.11 bits per heavy atom. The van der Waals surface area contributed by atoms with Crippen LogP contribution in [-0.4, -0.2) is 7.28 Å². The predicted molar refractivity (Wildman–Crippen MR) is 42.9 cm³/mol. The molecule has 1 saturated heterocycles. The third-order valence-corrected chi connectivity index (χ3v) is 2.43. The topological polar surface area (TPSA) is 0 Å². The number of hydrogen-bond donors (Lipinski definition) is 0. The molecular weight excluding hydrogens is 107 g/mol. The van der Waals surface area contributed by atoms with E-state index < -0.39 is 0 Å². The maximum absolute atomic E-state index is 2.43. The van der Waals surface area contributed by atoms with E-state index in [9.17, 15) is 0 Å². The minimum absolute atomic E-state index is 0.915. The summed E-state index contributed by atoms with van der Waals surface area (Å²) in [7, 11) is 2.43. The van der Waals surface area contributed by atoms with E-state index in [0.29, 0.717) is 0 Å². The Bertz CT molecular complexity index is 72.6. The Labute approximate surface area is 59.3 Å². The summed E-state index contributed by atoms with van der Waals surface area (Å²) in [5.74, 6) is 1.94. The van der Waals surface area contributed by atoms with E-state index in [-0.39, 0.29) is 0 Å². The van der Waals surface area contributed by atoms with Crippen molar-refractivity contribution >= 4 is 7.28 Å². The van der Waals surface area contributed by atoms with E-state index in [1.807, 2.05) is 0 Å². The molecule has 1 heterocycles. The van der Waals surface area contributed by atoms with Gasteiger partial charge in [0.15, 0.2) is 0 Å². The van der Waals surface area contributed by atoms with Gasteiger partial charge in [-0.05, 0) is 11.8 Å². The largest absolute Gasteiger partial charge is 0.109 e. The zero-order chi connectivity index (χ0) is 6.69. The van der Waals surface area contributed by atoms with Gasteiger partial charge in [0.1, 0.15) is 7.28 Å². The minimum Gasteiger partial charge on any atom is -0.0800 e. The zero-order valence-electron chi connectivity index (χ0n) is 6.56. The van der Waals surface area contributed by atoms with Gasteiger partial charge < -0.3 is 0 Å². The van der Waals surface area contributed by atoms with E-state index in [4.69, 9.17) is 0 Å². The molecule has 1 aliphatic heterocycles. The van der Waals surface area contributed by atoms with Gasteiger partial charge in [0, 0.05) is 0 Å². The van der Waals surface area contributed by atoms with E-state index in [2.05, 4.69) is 21.1 Å². The normalized spacial score (nSPS) is 22.1. The van der Waals surface area contributed by atoms with Crippen LogP contribution in [-0.2, 0) is 0 Å². The van der Waals surface area contributed by atoms with Gasteiger partial charge in [-0.1, -0.05) is 39.3 Å². The summed E-state index contributed by atoms with van der Waals surface area (Å²) in [6.07, 6.45) is 5.61. The Hall–Kier alpha value is 0.0649. The fraction of sp³-hybridized carbons (Fsp3) is 1.00. The third kappa shape index (κ3) is 2.04. The molecule has 0 aromatic rings. The van der Waals surface area contributed by atoms with Crippen molar-refractivity contribution in [1.82, 2.24) is 0 Å². The molecule has 1 aliphatic rings. The summed E-state index contributed by atoms with van der Waals surface area (Å²) in [6, 6.07) is 0. The molecule has 0 spiro atoms. The first-order valence-electron chi connectivity index (χ1n) is 4.12. The molecule has 9 heavy (non-hydrogen) atoms. The maximum Gasteiger partial charge on any atom is 0.109 e. The lowest BCUT2D eigenvalue weighted by atomic mass is 9.60. The molecule has 0 nitrogen and oxygen atoms in total. The van der Waals surface area contributed by atoms with Crippen molar-refractivity contribution in [2.75, 3.05) is 0 Å². The summed E-state index contributed by atoms with van der Waals surface area (Å²) < 4.78 is 0. The fourth-order valence-electron chi connectivity index (χ4n) is 1.62. The highest BCUT2D eigenvalue weighted by atomic mass is 14.2. The molecule has 0 unspecified atom stereocenters. The van der Waals surface area contributed by atoms with Crippen molar-refractivity contribution in [3.8, 4) is 0 Å². The Balaban J connectivity index is 2.23. The van der Waals surface area contributed by atoms with Crippen LogP contribution in [0.15, 0.2) is 0 Å². The molecule has 0 aromatic carbocycles. The Morgan fingerprint density at radius 2 is 1.78 bits per heavy atom. The van der Waals surface area contributed by atoms with Gasteiger partial charge in [-0.25, -0.2) is 0 Å². The lowest BCUT2D eigenvalue weighted by molar-refractivity contribution is 0.352. The Kier molecular flexibility index (Phi) is 2.62. The molecule has 1 fully saturated rings. The van der Waals surface area contributed by atoms with Crippen LogP contribution in [0.2, 0.25) is 12.6 Å². The van der Waals surface area contributed by atoms with Gasteiger partial charge in [-0.3, -0.25) is 0 Å². The van der Waals surface area contributed by atoms with Crippen LogP contribution >= 0.6 is 0 Å². The maximum atomic E-state index is 2.43. The molecule has 0 amide bonds. The fourth-order valence-corrected chi connectivity index (χ4v) is 1.62. The lowest BCUT2D eigenvalue weighted by Crippen LogP contribution is -2.14. The second kappa shape index (κ2) is 3.29. The summed E-state index contributed by atoms with van der Waals surface area (Å²) in [6.45, 7) is 4.69. The zero-order valence-corrected chi connectivity index (χ0v) is 6.56. The van der Waals surface area contributed by atoms with Crippen LogP contribution < -0.4 is 0 Å². The SMILES string of the molecule is CC(C)C1CC[B]CC1. The standard InChI is InChI=1S/C8H16B/c1-7(2)8-3-5-9-6-4-8/h7-8H,3-6H2,1-2H3. The van der Waals surface area contributed by atoms with Crippen molar-refractivity contribution in [1.29, 1.82) is 0 Å². The smallest absolute Gasteiger partial charge is 0.0800 e. The average Bonchev–Trinajstić information content (AvgIpc) is 1.90. The van der Waals surface area contributed by atoms with Gasteiger partial charge in [-0.15, -0.1) is 0 Å². The van der Waals surface area contributed by atoms with Crippen molar-refractivity contribution in [2.24, 2.45) is 11.8 Å². The van der Waals surface area contributed by atoms with Crippen LogP contribution in [0.3, 0.4) is 0 Å². The van der Waals surface area contributed by atoms with Crippen molar-refractivity contribution in [2.45, 2.75) is 39.3 Å². The van der Waals surface area contributed by atoms with E-state index in [1.54, 1.807) is 0 Å². The van der Waals surface area contributed by atoms with E-state index >= 15 is 0 Å². The first-order chi connectivity index (χ1) is 4.30. The van der Waals surface area contributed by atoms with Gasteiger partial charge in [0.05, 0.1) is 0 Å². The summed E-state index contributed by atoms with van der Waals surface area (Å²) >= 11 is 0. The van der Waals surface area contributed by atoms with Gasteiger partial charge in [0.2, 0.25) is 0 Å². The Morgan fingerprint density at radius 1 is 1.22 bits per heavy atom. The molecule has 0 atom stereocenters.